The van der Waals surface area contributed by atoms with Gasteiger partial charge in [0.2, 0.25) is 9.84 Å². The lowest BCUT2D eigenvalue weighted by Gasteiger charge is -2.07. The fraction of sp³-hybridized carbons (Fsp3) is 0.235. The molecule has 4 heterocycles. The van der Waals surface area contributed by atoms with Gasteiger partial charge < -0.3 is 9.88 Å². The van der Waals surface area contributed by atoms with Crippen LogP contribution in [0.25, 0.3) is 15.9 Å². The van der Waals surface area contributed by atoms with Crippen LogP contribution in [-0.4, -0.2) is 48.3 Å². The molecule has 0 bridgehead atoms. The second-order valence-electron chi connectivity index (χ2n) is 6.32. The quantitative estimate of drug-likeness (QED) is 0.549. The molecule has 0 aromatic carbocycles. The summed E-state index contributed by atoms with van der Waals surface area (Å²) in [4.78, 5) is 10.3. The third-order valence-corrected chi connectivity index (χ3v) is 7.92. The van der Waals surface area contributed by atoms with E-state index in [0.717, 1.165) is 28.7 Å². The number of imidazole rings is 1. The van der Waals surface area contributed by atoms with E-state index in [1.807, 2.05) is 20.3 Å². The van der Waals surface area contributed by atoms with Crippen molar-refractivity contribution in [2.45, 2.75) is 15.7 Å². The summed E-state index contributed by atoms with van der Waals surface area (Å²) in [6.07, 6.45) is 4.45. The predicted octanol–water partition coefficient (Wildman–Crippen LogP) is 3.47. The van der Waals surface area contributed by atoms with Crippen molar-refractivity contribution in [1.29, 1.82) is 0 Å². The minimum Gasteiger partial charge on any atom is -0.353 e. The maximum atomic E-state index is 13.2. The van der Waals surface area contributed by atoms with Crippen molar-refractivity contribution in [3.63, 3.8) is 0 Å². The number of likely N-dealkylation sites (N-methyl/N-ethyl adjacent to an activating group) is 1. The Morgan fingerprint density at radius 1 is 1.35 bits per heavy atom. The van der Waals surface area contributed by atoms with E-state index in [4.69, 9.17) is 11.6 Å². The lowest BCUT2D eigenvalue weighted by molar-refractivity contribution is 0.414. The number of pyridine rings is 1. The van der Waals surface area contributed by atoms with E-state index in [2.05, 4.69) is 14.9 Å². The number of sulfone groups is 1. The van der Waals surface area contributed by atoms with E-state index < -0.39 is 9.84 Å². The van der Waals surface area contributed by atoms with Gasteiger partial charge in [-0.15, -0.1) is 11.3 Å². The molecule has 0 spiro atoms. The lowest BCUT2D eigenvalue weighted by Crippen LogP contribution is -2.14. The first-order valence-corrected chi connectivity index (χ1v) is 10.7. The highest BCUT2D eigenvalue weighted by Gasteiger charge is 2.29. The number of aromatic nitrogens is 3. The molecule has 0 fully saturated rings. The number of nitrogens with zero attached hydrogens (tertiary/aromatic N) is 3. The molecule has 26 heavy (non-hydrogen) atoms. The molecule has 4 aromatic heterocycles. The summed E-state index contributed by atoms with van der Waals surface area (Å²) in [5.74, 6) is 0. The third-order valence-electron chi connectivity index (χ3n) is 4.23. The molecule has 4 aromatic rings. The van der Waals surface area contributed by atoms with Gasteiger partial charge in [-0.3, -0.25) is 4.40 Å². The van der Waals surface area contributed by atoms with Gasteiger partial charge in [-0.2, -0.15) is 0 Å². The summed E-state index contributed by atoms with van der Waals surface area (Å²) in [5.41, 5.74) is 1.61. The van der Waals surface area contributed by atoms with Crippen LogP contribution < -0.4 is 0 Å². The number of hydrogen-bond donors (Lipinski definition) is 1. The highest BCUT2D eigenvalue weighted by atomic mass is 35.5. The standard InChI is InChI=1S/C17H17ClN4O2S2/c1-21(2)8-6-11-10-19-16-12(11)9-14(25-16)26(23,24)17-15(18)20-13-5-3-4-7-22(13)17/h3-5,7,9-10,19H,6,8H2,1-2H3. The average Bonchev–Trinajstić information content (AvgIpc) is 3.24. The number of halogens is 1. The minimum absolute atomic E-state index is 0.00788. The van der Waals surface area contributed by atoms with Crippen molar-refractivity contribution in [3.8, 4) is 0 Å². The largest absolute Gasteiger partial charge is 0.353 e. The first-order valence-electron chi connectivity index (χ1n) is 8.00. The number of rotatable bonds is 5. The van der Waals surface area contributed by atoms with E-state index in [0.29, 0.717) is 5.65 Å². The van der Waals surface area contributed by atoms with E-state index in [-0.39, 0.29) is 14.4 Å². The smallest absolute Gasteiger partial charge is 0.234 e. The molecule has 0 unspecified atom stereocenters. The molecule has 0 atom stereocenters. The van der Waals surface area contributed by atoms with Gasteiger partial charge in [0.1, 0.15) is 14.7 Å². The van der Waals surface area contributed by atoms with Gasteiger partial charge in [-0.1, -0.05) is 17.7 Å². The Morgan fingerprint density at radius 2 is 2.15 bits per heavy atom. The minimum atomic E-state index is -3.78. The molecule has 0 aliphatic carbocycles. The number of H-pyrrole nitrogens is 1. The van der Waals surface area contributed by atoms with Gasteiger partial charge in [0, 0.05) is 24.3 Å². The van der Waals surface area contributed by atoms with E-state index in [9.17, 15) is 8.42 Å². The van der Waals surface area contributed by atoms with Crippen LogP contribution >= 0.6 is 22.9 Å². The van der Waals surface area contributed by atoms with Gasteiger partial charge in [0.05, 0.1) is 0 Å². The zero-order valence-corrected chi connectivity index (χ0v) is 16.6. The summed E-state index contributed by atoms with van der Waals surface area (Å²) in [6, 6.07) is 7.00. The summed E-state index contributed by atoms with van der Waals surface area (Å²) < 4.78 is 28.2. The Bertz CT molecular complexity index is 1200. The van der Waals surface area contributed by atoms with Crippen LogP contribution in [0.2, 0.25) is 5.15 Å². The fourth-order valence-corrected chi connectivity index (χ4v) is 6.26. The molecule has 0 radical (unpaired) electrons. The average molecular weight is 409 g/mol. The SMILES string of the molecule is CN(C)CCc1c[nH]c2sc(S(=O)(=O)c3c(Cl)nc4ccccn34)cc12. The van der Waals surface area contributed by atoms with Gasteiger partial charge in [-0.05, 0) is 44.3 Å². The fourth-order valence-electron chi connectivity index (χ4n) is 2.91. The van der Waals surface area contributed by atoms with E-state index in [1.165, 1.54) is 15.7 Å². The Morgan fingerprint density at radius 3 is 2.92 bits per heavy atom. The second kappa shape index (κ2) is 6.38. The normalized spacial score (nSPS) is 12.6. The topological polar surface area (TPSA) is 70.5 Å². The molecule has 6 nitrogen and oxygen atoms in total. The van der Waals surface area contributed by atoms with Crippen LogP contribution in [0.5, 0.6) is 0 Å². The summed E-state index contributed by atoms with van der Waals surface area (Å²) in [7, 11) is 0.252. The Kier molecular flexibility index (Phi) is 4.31. The van der Waals surface area contributed by atoms with Gasteiger partial charge in [0.15, 0.2) is 10.2 Å². The molecule has 0 aliphatic rings. The van der Waals surface area contributed by atoms with Gasteiger partial charge in [-0.25, -0.2) is 13.4 Å². The number of nitrogens with one attached hydrogen (secondary N) is 1. The van der Waals surface area contributed by atoms with Crippen LogP contribution in [0.1, 0.15) is 5.56 Å². The zero-order valence-electron chi connectivity index (χ0n) is 14.2. The molecule has 9 heteroatoms. The first kappa shape index (κ1) is 17.5. The molecular weight excluding hydrogens is 392 g/mol. The second-order valence-corrected chi connectivity index (χ2v) is 9.82. The van der Waals surface area contributed by atoms with Crippen molar-refractivity contribution < 1.29 is 8.42 Å². The number of hydrogen-bond acceptors (Lipinski definition) is 5. The highest BCUT2D eigenvalue weighted by molar-refractivity contribution is 7.93. The molecular formula is C17H17ClN4O2S2. The Hall–Kier alpha value is -1.87. The van der Waals surface area contributed by atoms with Crippen molar-refractivity contribution in [2.24, 2.45) is 0 Å². The monoisotopic (exact) mass is 408 g/mol. The molecule has 136 valence electrons. The Labute approximate surface area is 160 Å². The summed E-state index contributed by atoms with van der Waals surface area (Å²) in [6.45, 7) is 0.893. The van der Waals surface area contributed by atoms with Crippen LogP contribution in [0.15, 0.2) is 45.9 Å². The third kappa shape index (κ3) is 2.83. The van der Waals surface area contributed by atoms with E-state index in [1.54, 1.807) is 30.5 Å². The number of aromatic amines is 1. The predicted molar refractivity (Wildman–Crippen MR) is 104 cm³/mol. The molecule has 0 aliphatic heterocycles. The first-order chi connectivity index (χ1) is 12.4. The van der Waals surface area contributed by atoms with Gasteiger partial charge >= 0.3 is 0 Å². The maximum Gasteiger partial charge on any atom is 0.234 e. The Balaban J connectivity index is 1.82. The van der Waals surface area contributed by atoms with Crippen LogP contribution in [0, 0.1) is 0 Å². The molecule has 4 rings (SSSR count). The summed E-state index contributed by atoms with van der Waals surface area (Å²) >= 11 is 7.39. The van der Waals surface area contributed by atoms with Crippen molar-refractivity contribution in [3.05, 3.63) is 47.4 Å². The summed E-state index contributed by atoms with van der Waals surface area (Å²) in [5, 5.41) is 0.940. The maximum absolute atomic E-state index is 13.2. The highest BCUT2D eigenvalue weighted by Crippen LogP contribution is 2.36. The van der Waals surface area contributed by atoms with Crippen molar-refractivity contribution >= 4 is 48.6 Å². The van der Waals surface area contributed by atoms with E-state index >= 15 is 0 Å². The zero-order chi connectivity index (χ0) is 18.5. The van der Waals surface area contributed by atoms with Crippen LogP contribution in [0.3, 0.4) is 0 Å². The van der Waals surface area contributed by atoms with Crippen molar-refractivity contribution in [1.82, 2.24) is 19.3 Å². The molecule has 1 N–H and O–H groups in total. The number of fused-ring (bicyclic) bond motifs is 2. The molecule has 0 saturated heterocycles. The van der Waals surface area contributed by atoms with Crippen LogP contribution in [0.4, 0.5) is 0 Å². The molecule has 0 saturated carbocycles. The van der Waals surface area contributed by atoms with Crippen molar-refractivity contribution in [2.75, 3.05) is 20.6 Å². The number of thiophene rings is 1. The molecule has 0 amide bonds. The van der Waals surface area contributed by atoms with Crippen LogP contribution in [-0.2, 0) is 16.3 Å². The van der Waals surface area contributed by atoms with Gasteiger partial charge in [0.25, 0.3) is 0 Å². The lowest BCUT2D eigenvalue weighted by atomic mass is 10.2.